The summed E-state index contributed by atoms with van der Waals surface area (Å²) in [6.45, 7) is 8.39. The van der Waals surface area contributed by atoms with Gasteiger partial charge in [0.2, 0.25) is 0 Å². The molecule has 1 aromatic rings. The SMILES string of the molecule is CCCNC(C)c1ccc(N2CCCCCC2C)c(F)c1. The van der Waals surface area contributed by atoms with Crippen LogP contribution < -0.4 is 10.2 Å². The largest absolute Gasteiger partial charge is 0.366 e. The Morgan fingerprint density at radius 2 is 2.14 bits per heavy atom. The lowest BCUT2D eigenvalue weighted by atomic mass is 10.1. The minimum absolute atomic E-state index is 0.0774. The van der Waals surface area contributed by atoms with Gasteiger partial charge in [-0.3, -0.25) is 0 Å². The fraction of sp³-hybridized carbons (Fsp3) is 0.667. The van der Waals surface area contributed by atoms with Crippen molar-refractivity contribution in [2.24, 2.45) is 0 Å². The number of hydrogen-bond donors (Lipinski definition) is 1. The van der Waals surface area contributed by atoms with E-state index in [1.807, 2.05) is 6.07 Å². The normalized spacial score (nSPS) is 21.1. The van der Waals surface area contributed by atoms with Crippen molar-refractivity contribution in [3.63, 3.8) is 0 Å². The third kappa shape index (κ3) is 4.19. The Bertz CT molecular complexity index is 447. The molecule has 1 heterocycles. The third-order valence-electron chi connectivity index (χ3n) is 4.53. The summed E-state index contributed by atoms with van der Waals surface area (Å²) in [6, 6.07) is 6.39. The molecule has 3 heteroatoms. The summed E-state index contributed by atoms with van der Waals surface area (Å²) in [4.78, 5) is 2.25. The molecule has 0 spiro atoms. The van der Waals surface area contributed by atoms with E-state index in [1.54, 1.807) is 6.07 Å². The van der Waals surface area contributed by atoms with E-state index in [0.29, 0.717) is 6.04 Å². The molecule has 1 N–H and O–H groups in total. The summed E-state index contributed by atoms with van der Waals surface area (Å²) in [5, 5.41) is 3.41. The van der Waals surface area contributed by atoms with Crippen LogP contribution in [0.3, 0.4) is 0 Å². The molecular weight excluding hydrogens is 263 g/mol. The first-order valence-electron chi connectivity index (χ1n) is 8.43. The number of halogens is 1. The van der Waals surface area contributed by atoms with Gasteiger partial charge in [-0.1, -0.05) is 25.8 Å². The van der Waals surface area contributed by atoms with E-state index in [-0.39, 0.29) is 11.9 Å². The van der Waals surface area contributed by atoms with E-state index in [9.17, 15) is 4.39 Å². The molecule has 1 saturated heterocycles. The first kappa shape index (κ1) is 16.3. The van der Waals surface area contributed by atoms with Crippen LogP contribution in [-0.4, -0.2) is 19.1 Å². The van der Waals surface area contributed by atoms with Gasteiger partial charge in [-0.05, 0) is 57.4 Å². The Balaban J connectivity index is 2.14. The molecule has 1 fully saturated rings. The molecule has 0 aliphatic carbocycles. The van der Waals surface area contributed by atoms with E-state index < -0.39 is 0 Å². The molecule has 2 rings (SSSR count). The zero-order valence-corrected chi connectivity index (χ0v) is 13.7. The molecule has 0 bridgehead atoms. The molecule has 1 aliphatic heterocycles. The highest BCUT2D eigenvalue weighted by Gasteiger charge is 2.20. The van der Waals surface area contributed by atoms with Gasteiger partial charge >= 0.3 is 0 Å². The number of hydrogen-bond acceptors (Lipinski definition) is 2. The Hall–Kier alpha value is -1.09. The number of anilines is 1. The Labute approximate surface area is 128 Å². The number of rotatable bonds is 5. The molecule has 0 amide bonds. The zero-order chi connectivity index (χ0) is 15.2. The van der Waals surface area contributed by atoms with Gasteiger partial charge in [-0.25, -0.2) is 4.39 Å². The fourth-order valence-corrected chi connectivity index (χ4v) is 3.14. The van der Waals surface area contributed by atoms with Crippen molar-refractivity contribution in [1.29, 1.82) is 0 Å². The molecule has 2 nitrogen and oxygen atoms in total. The fourth-order valence-electron chi connectivity index (χ4n) is 3.14. The summed E-state index contributed by atoms with van der Waals surface area (Å²) in [5.74, 6) is -0.0774. The van der Waals surface area contributed by atoms with Gasteiger partial charge in [-0.2, -0.15) is 0 Å². The van der Waals surface area contributed by atoms with E-state index in [2.05, 4.69) is 37.1 Å². The highest BCUT2D eigenvalue weighted by atomic mass is 19.1. The van der Waals surface area contributed by atoms with Crippen LogP contribution in [0.5, 0.6) is 0 Å². The summed E-state index contributed by atoms with van der Waals surface area (Å²) in [7, 11) is 0. The van der Waals surface area contributed by atoms with Gasteiger partial charge in [0.1, 0.15) is 5.82 Å². The van der Waals surface area contributed by atoms with Crippen molar-refractivity contribution in [3.8, 4) is 0 Å². The molecule has 21 heavy (non-hydrogen) atoms. The number of nitrogens with zero attached hydrogens (tertiary/aromatic N) is 1. The topological polar surface area (TPSA) is 15.3 Å². The Morgan fingerprint density at radius 1 is 1.33 bits per heavy atom. The monoisotopic (exact) mass is 292 g/mol. The van der Waals surface area contributed by atoms with Crippen molar-refractivity contribution in [3.05, 3.63) is 29.6 Å². The average Bonchev–Trinajstić information content (AvgIpc) is 2.69. The predicted molar refractivity (Wildman–Crippen MR) is 88.4 cm³/mol. The maximum atomic E-state index is 14.6. The smallest absolute Gasteiger partial charge is 0.146 e. The van der Waals surface area contributed by atoms with Crippen LogP contribution in [0.4, 0.5) is 10.1 Å². The lowest BCUT2D eigenvalue weighted by Gasteiger charge is -2.30. The van der Waals surface area contributed by atoms with Crippen LogP contribution in [-0.2, 0) is 0 Å². The first-order chi connectivity index (χ1) is 10.1. The number of benzene rings is 1. The van der Waals surface area contributed by atoms with E-state index in [1.165, 1.54) is 19.3 Å². The molecule has 1 aromatic carbocycles. The standard InChI is InChI=1S/C18H29FN2/c1-4-11-20-15(3)16-9-10-18(17(19)13-16)21-12-7-5-6-8-14(21)2/h9-10,13-15,20H,4-8,11-12H2,1-3H3. The van der Waals surface area contributed by atoms with Gasteiger partial charge in [-0.15, -0.1) is 0 Å². The van der Waals surface area contributed by atoms with Crippen molar-refractivity contribution >= 4 is 5.69 Å². The summed E-state index contributed by atoms with van der Waals surface area (Å²) in [5.41, 5.74) is 1.81. The molecule has 0 saturated carbocycles. The van der Waals surface area contributed by atoms with Crippen molar-refractivity contribution in [2.45, 2.75) is 65.0 Å². The van der Waals surface area contributed by atoms with Crippen molar-refractivity contribution in [1.82, 2.24) is 5.32 Å². The lowest BCUT2D eigenvalue weighted by molar-refractivity contribution is 0.555. The van der Waals surface area contributed by atoms with Crippen LogP contribution in [0.25, 0.3) is 0 Å². The van der Waals surface area contributed by atoms with Crippen LogP contribution in [0.2, 0.25) is 0 Å². The van der Waals surface area contributed by atoms with Crippen LogP contribution in [0.15, 0.2) is 18.2 Å². The van der Waals surface area contributed by atoms with Gasteiger partial charge in [0.15, 0.2) is 0 Å². The summed E-state index contributed by atoms with van der Waals surface area (Å²) in [6.07, 6.45) is 5.94. The highest BCUT2D eigenvalue weighted by molar-refractivity contribution is 5.50. The Kier molecular flexibility index (Phi) is 6.04. The van der Waals surface area contributed by atoms with Gasteiger partial charge in [0.05, 0.1) is 5.69 Å². The van der Waals surface area contributed by atoms with Crippen LogP contribution in [0, 0.1) is 5.82 Å². The number of nitrogens with one attached hydrogen (secondary N) is 1. The summed E-state index contributed by atoms with van der Waals surface area (Å²) >= 11 is 0. The maximum Gasteiger partial charge on any atom is 0.146 e. The molecule has 0 aromatic heterocycles. The van der Waals surface area contributed by atoms with Gasteiger partial charge < -0.3 is 10.2 Å². The summed E-state index contributed by atoms with van der Waals surface area (Å²) < 4.78 is 14.6. The van der Waals surface area contributed by atoms with Crippen LogP contribution >= 0.6 is 0 Å². The average molecular weight is 292 g/mol. The molecule has 118 valence electrons. The van der Waals surface area contributed by atoms with Crippen molar-refractivity contribution in [2.75, 3.05) is 18.0 Å². The second-order valence-corrected chi connectivity index (χ2v) is 6.28. The minimum atomic E-state index is -0.0774. The molecule has 1 aliphatic rings. The molecule has 2 unspecified atom stereocenters. The second kappa shape index (κ2) is 7.79. The van der Waals surface area contributed by atoms with E-state index in [4.69, 9.17) is 0 Å². The van der Waals surface area contributed by atoms with E-state index >= 15 is 0 Å². The predicted octanol–water partition coefficient (Wildman–Crippen LogP) is 4.66. The molecular formula is C18H29FN2. The third-order valence-corrected chi connectivity index (χ3v) is 4.53. The van der Waals surface area contributed by atoms with E-state index in [0.717, 1.165) is 37.2 Å². The van der Waals surface area contributed by atoms with Gasteiger partial charge in [0, 0.05) is 18.6 Å². The van der Waals surface area contributed by atoms with Crippen molar-refractivity contribution < 1.29 is 4.39 Å². The van der Waals surface area contributed by atoms with Crippen LogP contribution in [0.1, 0.15) is 64.5 Å². The Morgan fingerprint density at radius 3 is 2.86 bits per heavy atom. The van der Waals surface area contributed by atoms with Gasteiger partial charge in [0.25, 0.3) is 0 Å². The maximum absolute atomic E-state index is 14.6. The molecule has 2 atom stereocenters. The minimum Gasteiger partial charge on any atom is -0.366 e. The zero-order valence-electron chi connectivity index (χ0n) is 13.7. The quantitative estimate of drug-likeness (QED) is 0.849. The highest BCUT2D eigenvalue weighted by Crippen LogP contribution is 2.28. The lowest BCUT2D eigenvalue weighted by Crippen LogP contribution is -2.33. The second-order valence-electron chi connectivity index (χ2n) is 6.28. The molecule has 0 radical (unpaired) electrons. The first-order valence-corrected chi connectivity index (χ1v) is 8.43.